The Labute approximate surface area is 183 Å². The number of fused-ring (bicyclic) bond motifs is 1. The lowest BCUT2D eigenvalue weighted by Gasteiger charge is -2.31. The summed E-state index contributed by atoms with van der Waals surface area (Å²) in [4.78, 5) is 21.6. The number of likely N-dealkylation sites (tertiary alicyclic amines) is 1. The zero-order chi connectivity index (χ0) is 22.1. The number of aromatic nitrogens is 4. The number of aromatic amines is 1. The molecule has 0 unspecified atom stereocenters. The molecule has 5 rings (SSSR count). The summed E-state index contributed by atoms with van der Waals surface area (Å²) < 4.78 is 27.7. The molecule has 0 spiro atoms. The molecule has 1 aliphatic carbocycles. The smallest absolute Gasteiger partial charge is 0.317 e. The molecule has 2 aliphatic rings. The Morgan fingerprint density at radius 1 is 1.12 bits per heavy atom. The molecule has 2 fully saturated rings. The first-order valence-electron chi connectivity index (χ1n) is 11.0. The number of nitrogens with zero attached hydrogens (tertiary/aromatic N) is 4. The highest BCUT2D eigenvalue weighted by atomic mass is 19.1. The molecular weight excluding hydrogens is 416 g/mol. The van der Waals surface area contributed by atoms with Crippen molar-refractivity contribution >= 4 is 22.8 Å². The summed E-state index contributed by atoms with van der Waals surface area (Å²) in [6.45, 7) is 1.66. The number of carbonyl (C=O) groups excluding carboxylic acids is 1. The number of benzene rings is 1. The van der Waals surface area contributed by atoms with Crippen LogP contribution >= 0.6 is 0 Å². The van der Waals surface area contributed by atoms with Crippen molar-refractivity contribution in [3.63, 3.8) is 0 Å². The Hall–Kier alpha value is -3.30. The van der Waals surface area contributed by atoms with Gasteiger partial charge in [-0.3, -0.25) is 0 Å². The average Bonchev–Trinajstić information content (AvgIpc) is 3.45. The molecule has 3 aromatic rings. The summed E-state index contributed by atoms with van der Waals surface area (Å²) in [5.41, 5.74) is 0.682. The van der Waals surface area contributed by atoms with E-state index < -0.39 is 11.6 Å². The van der Waals surface area contributed by atoms with Gasteiger partial charge in [-0.25, -0.2) is 18.6 Å². The van der Waals surface area contributed by atoms with Crippen molar-refractivity contribution in [2.45, 2.75) is 50.6 Å². The Morgan fingerprint density at radius 2 is 1.94 bits per heavy atom. The molecule has 32 heavy (non-hydrogen) atoms. The molecule has 3 heterocycles. The fourth-order valence-electron chi connectivity index (χ4n) is 4.67. The maximum Gasteiger partial charge on any atom is 0.317 e. The Morgan fingerprint density at radius 3 is 2.78 bits per heavy atom. The summed E-state index contributed by atoms with van der Waals surface area (Å²) in [6, 6.07) is 2.36. The number of hydrogen-bond donors (Lipinski definition) is 3. The van der Waals surface area contributed by atoms with E-state index in [0.29, 0.717) is 16.8 Å². The summed E-state index contributed by atoms with van der Waals surface area (Å²) in [5, 5.41) is 15.0. The highest BCUT2D eigenvalue weighted by molar-refractivity contribution is 5.94. The maximum absolute atomic E-state index is 14.0. The van der Waals surface area contributed by atoms with Gasteiger partial charge >= 0.3 is 6.03 Å². The number of amides is 2. The van der Waals surface area contributed by atoms with Crippen LogP contribution in [0.4, 0.5) is 19.4 Å². The summed E-state index contributed by atoms with van der Waals surface area (Å²) in [7, 11) is 0. The minimum Gasteiger partial charge on any atom is -0.366 e. The summed E-state index contributed by atoms with van der Waals surface area (Å²) in [6.07, 6.45) is 8.93. The molecule has 10 heteroatoms. The fraction of sp³-hybridized carbons (Fsp3) is 0.455. The Bertz CT molecular complexity index is 1130. The molecule has 8 nitrogen and oxygen atoms in total. The number of anilines is 1. The topological polar surface area (TPSA) is 98.8 Å². The molecule has 2 atom stereocenters. The molecule has 1 aliphatic heterocycles. The highest BCUT2D eigenvalue weighted by Gasteiger charge is 2.26. The molecule has 1 aromatic carbocycles. The second-order valence-corrected chi connectivity index (χ2v) is 8.53. The fourth-order valence-corrected chi connectivity index (χ4v) is 4.67. The molecular formula is C22H25F2N7O. The number of nitrogens with one attached hydrogen (secondary N) is 3. The number of rotatable bonds is 4. The predicted molar refractivity (Wildman–Crippen MR) is 116 cm³/mol. The van der Waals surface area contributed by atoms with Crippen LogP contribution in [0.2, 0.25) is 0 Å². The van der Waals surface area contributed by atoms with Crippen molar-refractivity contribution < 1.29 is 13.6 Å². The van der Waals surface area contributed by atoms with Crippen molar-refractivity contribution in [2.75, 3.05) is 18.4 Å². The lowest BCUT2D eigenvalue weighted by Crippen LogP contribution is -2.47. The van der Waals surface area contributed by atoms with Gasteiger partial charge < -0.3 is 20.5 Å². The van der Waals surface area contributed by atoms with Gasteiger partial charge in [0.1, 0.15) is 17.5 Å². The monoisotopic (exact) mass is 441 g/mol. The average molecular weight is 441 g/mol. The molecule has 2 aromatic heterocycles. The SMILES string of the molecule is O=C(N[C@H]1CCC[C@@H](Nc2cnnc(-c3c[nH]c4c(F)cc(F)cc34)n2)C1)N1CCCC1. The molecule has 3 N–H and O–H groups in total. The lowest BCUT2D eigenvalue weighted by molar-refractivity contribution is 0.200. The van der Waals surface area contributed by atoms with E-state index >= 15 is 0 Å². The molecule has 0 radical (unpaired) electrons. The molecule has 2 amide bonds. The van der Waals surface area contributed by atoms with Gasteiger partial charge in [-0.05, 0) is 44.6 Å². The van der Waals surface area contributed by atoms with E-state index in [9.17, 15) is 13.6 Å². The van der Waals surface area contributed by atoms with E-state index in [1.807, 2.05) is 4.90 Å². The summed E-state index contributed by atoms with van der Waals surface area (Å²) in [5.74, 6) is -0.515. The van der Waals surface area contributed by atoms with Gasteiger partial charge in [0.2, 0.25) is 0 Å². The van der Waals surface area contributed by atoms with Crippen LogP contribution < -0.4 is 10.6 Å². The second-order valence-electron chi connectivity index (χ2n) is 8.53. The standard InChI is InChI=1S/C22H25F2N7O/c23-13-8-16-17(11-25-20(16)18(24)9-13)21-29-19(12-26-30-21)27-14-4-3-5-15(10-14)28-22(32)31-6-1-2-7-31/h8-9,11-12,14-15,25H,1-7,10H2,(H,28,32)(H,27,29,30)/t14-,15+/m1/s1. The van der Waals surface area contributed by atoms with Crippen LogP contribution in [0.25, 0.3) is 22.3 Å². The van der Waals surface area contributed by atoms with Gasteiger partial charge in [0, 0.05) is 48.4 Å². The minimum absolute atomic E-state index is 0.0259. The zero-order valence-corrected chi connectivity index (χ0v) is 17.6. The van der Waals surface area contributed by atoms with Gasteiger partial charge in [-0.15, -0.1) is 5.10 Å². The van der Waals surface area contributed by atoms with Crippen LogP contribution in [-0.4, -0.2) is 56.3 Å². The third-order valence-corrected chi connectivity index (χ3v) is 6.25. The van der Waals surface area contributed by atoms with Crippen molar-refractivity contribution in [1.29, 1.82) is 0 Å². The van der Waals surface area contributed by atoms with Gasteiger partial charge in [0.15, 0.2) is 5.82 Å². The first kappa shape index (κ1) is 20.6. The zero-order valence-electron chi connectivity index (χ0n) is 17.6. The number of H-pyrrole nitrogens is 1. The molecule has 1 saturated carbocycles. The van der Waals surface area contributed by atoms with Crippen LogP contribution in [0.3, 0.4) is 0 Å². The van der Waals surface area contributed by atoms with Crippen molar-refractivity contribution in [3.05, 3.63) is 36.2 Å². The Balaban J connectivity index is 1.28. The van der Waals surface area contributed by atoms with Gasteiger partial charge in [0.25, 0.3) is 0 Å². The van der Waals surface area contributed by atoms with Crippen molar-refractivity contribution in [1.82, 2.24) is 30.4 Å². The minimum atomic E-state index is -0.669. The normalized spacial score (nSPS) is 21.1. The third-order valence-electron chi connectivity index (χ3n) is 6.25. The second kappa shape index (κ2) is 8.68. The van der Waals surface area contributed by atoms with E-state index in [2.05, 4.69) is 30.8 Å². The van der Waals surface area contributed by atoms with Crippen molar-refractivity contribution in [2.24, 2.45) is 0 Å². The summed E-state index contributed by atoms with van der Waals surface area (Å²) >= 11 is 0. The van der Waals surface area contributed by atoms with Crippen LogP contribution in [-0.2, 0) is 0 Å². The van der Waals surface area contributed by atoms with E-state index in [-0.39, 0.29) is 29.5 Å². The van der Waals surface area contributed by atoms with Gasteiger partial charge in [-0.2, -0.15) is 5.10 Å². The number of halogens is 2. The first-order valence-corrected chi connectivity index (χ1v) is 11.0. The molecule has 1 saturated heterocycles. The van der Waals surface area contributed by atoms with Crippen LogP contribution in [0.5, 0.6) is 0 Å². The number of carbonyl (C=O) groups is 1. The van der Waals surface area contributed by atoms with E-state index in [4.69, 9.17) is 0 Å². The van der Waals surface area contributed by atoms with Crippen LogP contribution in [0.1, 0.15) is 38.5 Å². The number of urea groups is 1. The van der Waals surface area contributed by atoms with Crippen molar-refractivity contribution in [3.8, 4) is 11.4 Å². The number of hydrogen-bond acceptors (Lipinski definition) is 5. The van der Waals surface area contributed by atoms with Crippen LogP contribution in [0, 0.1) is 11.6 Å². The van der Waals surface area contributed by atoms with Gasteiger partial charge in [0.05, 0.1) is 11.7 Å². The quantitative estimate of drug-likeness (QED) is 0.572. The highest BCUT2D eigenvalue weighted by Crippen LogP contribution is 2.29. The predicted octanol–water partition coefficient (Wildman–Crippen LogP) is 3.83. The van der Waals surface area contributed by atoms with E-state index in [0.717, 1.165) is 57.7 Å². The largest absolute Gasteiger partial charge is 0.366 e. The van der Waals surface area contributed by atoms with Gasteiger partial charge in [-0.1, -0.05) is 0 Å². The maximum atomic E-state index is 14.0. The molecule has 168 valence electrons. The Kier molecular flexibility index (Phi) is 5.59. The molecule has 0 bridgehead atoms. The van der Waals surface area contributed by atoms with E-state index in [1.165, 1.54) is 12.3 Å². The van der Waals surface area contributed by atoms with Crippen LogP contribution in [0.15, 0.2) is 24.5 Å². The lowest BCUT2D eigenvalue weighted by atomic mass is 9.91. The first-order chi connectivity index (χ1) is 15.6. The third kappa shape index (κ3) is 4.21. The van der Waals surface area contributed by atoms with E-state index in [1.54, 1.807) is 6.20 Å².